The van der Waals surface area contributed by atoms with Gasteiger partial charge in [0.2, 0.25) is 0 Å². The highest BCUT2D eigenvalue weighted by atomic mass is 15.1. The number of fused-ring (bicyclic) bond motifs is 8. The summed E-state index contributed by atoms with van der Waals surface area (Å²) in [4.78, 5) is 9.65. The molecule has 5 nitrogen and oxygen atoms in total. The summed E-state index contributed by atoms with van der Waals surface area (Å²) in [7, 11) is 0. The van der Waals surface area contributed by atoms with Gasteiger partial charge in [-0.1, -0.05) is 127 Å². The predicted molar refractivity (Wildman–Crippen MR) is 236 cm³/mol. The Kier molecular flexibility index (Phi) is 7.51. The number of benzene rings is 5. The summed E-state index contributed by atoms with van der Waals surface area (Å²) in [5.41, 5.74) is 23.5. The van der Waals surface area contributed by atoms with Crippen molar-refractivity contribution in [3.05, 3.63) is 205 Å². The number of nitrogens with zero attached hydrogens (tertiary/aromatic N) is 4. The number of aromatic nitrogens is 4. The molecule has 0 amide bonds. The lowest BCUT2D eigenvalue weighted by Crippen LogP contribution is -2.35. The summed E-state index contributed by atoms with van der Waals surface area (Å²) in [6, 6.07) is 50.8. The van der Waals surface area contributed by atoms with Gasteiger partial charge in [-0.3, -0.25) is 14.5 Å². The third-order valence-corrected chi connectivity index (χ3v) is 12.2. The average Bonchev–Trinajstić information content (AvgIpc) is 3.88. The van der Waals surface area contributed by atoms with Gasteiger partial charge in [0.1, 0.15) is 5.82 Å². The van der Waals surface area contributed by atoms with Crippen molar-refractivity contribution in [1.82, 2.24) is 19.1 Å². The van der Waals surface area contributed by atoms with Crippen molar-refractivity contribution in [2.24, 2.45) is 5.92 Å². The van der Waals surface area contributed by atoms with Gasteiger partial charge in [-0.05, 0) is 101 Å². The molecule has 5 heteroatoms. The zero-order valence-electron chi connectivity index (χ0n) is 31.5. The van der Waals surface area contributed by atoms with Gasteiger partial charge >= 0.3 is 0 Å². The van der Waals surface area contributed by atoms with Crippen LogP contribution in [0.25, 0.3) is 72.7 Å². The van der Waals surface area contributed by atoms with Crippen LogP contribution in [0.15, 0.2) is 182 Å². The average molecular weight is 734 g/mol. The molecule has 2 N–H and O–H groups in total. The first kappa shape index (κ1) is 33.1. The van der Waals surface area contributed by atoms with E-state index < -0.39 is 0 Å². The van der Waals surface area contributed by atoms with Gasteiger partial charge in [0.25, 0.3) is 0 Å². The smallest absolute Gasteiger partial charge is 0.118 e. The third kappa shape index (κ3) is 4.75. The fraction of sp³-hybridized carbons (Fsp3) is 0.0769. The SMILES string of the molecule is C/C=C\c1c(N)n(-c2ccc(-c3ccc(-n4c5cccnc5c5ccc6c(c54)-c4ccccc4C6(c4ccccc4)C4C=CC=CC4)cc3)cc2)c2cccnc12. The summed E-state index contributed by atoms with van der Waals surface area (Å²) < 4.78 is 4.53. The largest absolute Gasteiger partial charge is 0.384 e. The van der Waals surface area contributed by atoms with E-state index in [4.69, 9.17) is 10.7 Å². The maximum atomic E-state index is 6.73. The first-order valence-corrected chi connectivity index (χ1v) is 19.7. The number of rotatable bonds is 6. The topological polar surface area (TPSA) is 61.7 Å². The van der Waals surface area contributed by atoms with Crippen molar-refractivity contribution in [3.63, 3.8) is 0 Å². The quantitative estimate of drug-likeness (QED) is 0.185. The maximum Gasteiger partial charge on any atom is 0.118 e. The van der Waals surface area contributed by atoms with E-state index in [0.717, 1.165) is 61.9 Å². The van der Waals surface area contributed by atoms with Gasteiger partial charge < -0.3 is 10.3 Å². The molecule has 0 saturated heterocycles. The number of hydrogen-bond acceptors (Lipinski definition) is 3. The molecule has 0 spiro atoms. The van der Waals surface area contributed by atoms with Gasteiger partial charge in [0, 0.05) is 40.3 Å². The molecule has 0 radical (unpaired) electrons. The number of nitrogen functional groups attached to an aromatic ring is 1. The Hall–Kier alpha value is -7.24. The number of pyridine rings is 2. The van der Waals surface area contributed by atoms with Crippen molar-refractivity contribution < 1.29 is 0 Å². The molecular weight excluding hydrogens is 695 g/mol. The van der Waals surface area contributed by atoms with Gasteiger partial charge in [-0.15, -0.1) is 0 Å². The zero-order chi connectivity index (χ0) is 38.1. The molecule has 4 heterocycles. The molecule has 272 valence electrons. The van der Waals surface area contributed by atoms with Crippen molar-refractivity contribution in [1.29, 1.82) is 0 Å². The highest BCUT2D eigenvalue weighted by molar-refractivity contribution is 6.14. The minimum Gasteiger partial charge on any atom is -0.384 e. The molecule has 2 aliphatic carbocycles. The lowest BCUT2D eigenvalue weighted by atomic mass is 9.62. The van der Waals surface area contributed by atoms with Crippen molar-refractivity contribution >= 4 is 44.9 Å². The van der Waals surface area contributed by atoms with Crippen LogP contribution < -0.4 is 5.73 Å². The molecule has 2 unspecified atom stereocenters. The molecule has 11 rings (SSSR count). The van der Waals surface area contributed by atoms with E-state index in [-0.39, 0.29) is 11.3 Å². The molecular formula is C52H39N5. The minimum absolute atomic E-state index is 0.256. The lowest BCUT2D eigenvalue weighted by molar-refractivity contribution is 0.457. The van der Waals surface area contributed by atoms with E-state index in [2.05, 4.69) is 166 Å². The van der Waals surface area contributed by atoms with E-state index in [1.807, 2.05) is 43.6 Å². The Labute approximate surface area is 331 Å². The molecule has 4 aromatic heterocycles. The summed E-state index contributed by atoms with van der Waals surface area (Å²) in [6.45, 7) is 2.00. The molecule has 0 fully saturated rings. The molecule has 2 aliphatic rings. The third-order valence-electron chi connectivity index (χ3n) is 12.2. The minimum atomic E-state index is -0.351. The van der Waals surface area contributed by atoms with Crippen LogP contribution in [0, 0.1) is 5.92 Å². The fourth-order valence-electron chi connectivity index (χ4n) is 9.88. The van der Waals surface area contributed by atoms with Gasteiger partial charge in [-0.25, -0.2) is 0 Å². The standard InChI is InChI=1S/C52H39N5/c1-2-13-42-49-46(21-12-33-55-49)57(51(42)53)39-28-24-35(25-29-39)34-22-26-38(27-23-34)56-45-20-11-32-54-48(45)41-30-31-44-47(50(41)56)40-18-9-10-19-43(40)52(44,36-14-5-3-6-15-36)37-16-7-4-8-17-37/h2-16,18-33,37H,17,53H2,1H3/b13-2-. The van der Waals surface area contributed by atoms with Crippen LogP contribution in [-0.4, -0.2) is 19.1 Å². The summed E-state index contributed by atoms with van der Waals surface area (Å²) in [5, 5.41) is 1.16. The number of anilines is 1. The van der Waals surface area contributed by atoms with E-state index in [9.17, 15) is 0 Å². The number of allylic oxidation sites excluding steroid dienone is 5. The molecule has 0 aliphatic heterocycles. The van der Waals surface area contributed by atoms with Crippen LogP contribution in [-0.2, 0) is 5.41 Å². The molecule has 0 saturated carbocycles. The monoisotopic (exact) mass is 733 g/mol. The molecule has 9 aromatic rings. The van der Waals surface area contributed by atoms with Crippen LogP contribution in [0.5, 0.6) is 0 Å². The van der Waals surface area contributed by atoms with E-state index in [1.54, 1.807) is 0 Å². The van der Waals surface area contributed by atoms with Gasteiger partial charge in [0.15, 0.2) is 0 Å². The van der Waals surface area contributed by atoms with Crippen LogP contribution in [0.3, 0.4) is 0 Å². The Balaban J connectivity index is 1.07. The second-order valence-electron chi connectivity index (χ2n) is 15.1. The first-order chi connectivity index (χ1) is 28.2. The highest BCUT2D eigenvalue weighted by Gasteiger charge is 2.50. The zero-order valence-corrected chi connectivity index (χ0v) is 31.5. The number of hydrogen-bond donors (Lipinski definition) is 1. The second kappa shape index (κ2) is 12.9. The highest BCUT2D eigenvalue weighted by Crippen LogP contribution is 2.60. The second-order valence-corrected chi connectivity index (χ2v) is 15.1. The first-order valence-electron chi connectivity index (χ1n) is 19.7. The number of nitrogens with two attached hydrogens (primary N) is 1. The molecule has 57 heavy (non-hydrogen) atoms. The van der Waals surface area contributed by atoms with E-state index >= 15 is 0 Å². The van der Waals surface area contributed by atoms with Crippen LogP contribution in [0.2, 0.25) is 0 Å². The predicted octanol–water partition coefficient (Wildman–Crippen LogP) is 12.2. The van der Waals surface area contributed by atoms with Crippen LogP contribution in [0.1, 0.15) is 35.6 Å². The summed E-state index contributed by atoms with van der Waals surface area (Å²) in [6.07, 6.45) is 17.9. The van der Waals surface area contributed by atoms with Crippen molar-refractivity contribution in [3.8, 4) is 33.6 Å². The van der Waals surface area contributed by atoms with Crippen molar-refractivity contribution in [2.75, 3.05) is 5.73 Å². The Morgan fingerprint density at radius 3 is 2.02 bits per heavy atom. The van der Waals surface area contributed by atoms with E-state index in [1.165, 1.54) is 33.3 Å². The Bertz CT molecular complexity index is 3110. The Morgan fingerprint density at radius 2 is 1.32 bits per heavy atom. The van der Waals surface area contributed by atoms with Crippen molar-refractivity contribution in [2.45, 2.75) is 18.8 Å². The Morgan fingerprint density at radius 1 is 0.649 bits per heavy atom. The van der Waals surface area contributed by atoms with Gasteiger partial charge in [0.05, 0.1) is 33.0 Å². The van der Waals surface area contributed by atoms with Crippen LogP contribution >= 0.6 is 0 Å². The normalized spacial score (nSPS) is 17.2. The maximum absolute atomic E-state index is 6.73. The molecule has 5 aromatic carbocycles. The fourth-order valence-corrected chi connectivity index (χ4v) is 9.88. The molecule has 0 bridgehead atoms. The lowest BCUT2D eigenvalue weighted by Gasteiger charge is -2.39. The van der Waals surface area contributed by atoms with Gasteiger partial charge in [-0.2, -0.15) is 0 Å². The van der Waals surface area contributed by atoms with Crippen LogP contribution in [0.4, 0.5) is 5.82 Å². The molecule has 2 atom stereocenters. The summed E-state index contributed by atoms with van der Waals surface area (Å²) in [5.74, 6) is 0.938. The van der Waals surface area contributed by atoms with E-state index in [0.29, 0.717) is 5.82 Å². The summed E-state index contributed by atoms with van der Waals surface area (Å²) >= 11 is 0.